The van der Waals surface area contributed by atoms with Crippen LogP contribution in [0.1, 0.15) is 176 Å². The van der Waals surface area contributed by atoms with Gasteiger partial charge in [0, 0.05) is 23.9 Å². The standard InChI is InChI=1S/C48H73N3O5/c1-27(2)29-16-21-48(42(55)51-24-12-13-34(51)39-49-26-33(50-39)28(3)4)23-22-46(10)30(38(29)48)14-15-36-45(9)19-18-37(44(7,8)35(45)17-20-47(36,46)11)56-41(54)32-25-31(40(52)53)43(32,5)6/h26,28-32,34-38H,1,12-25H2,2-11H3,(H,49,50)(H,52,53)/t29-,30+,31-,32+,34-,35-,36+,37-,38+,45-,46+,47+,48-/m0/s1. The maximum atomic E-state index is 15.4. The van der Waals surface area contributed by atoms with Crippen LogP contribution in [0.25, 0.3) is 0 Å². The first-order chi connectivity index (χ1) is 26.1. The lowest BCUT2D eigenvalue weighted by atomic mass is 9.32. The zero-order valence-corrected chi connectivity index (χ0v) is 36.4. The predicted molar refractivity (Wildman–Crippen MR) is 218 cm³/mol. The average Bonchev–Trinajstić information content (AvgIpc) is 3.88. The van der Waals surface area contributed by atoms with Crippen molar-refractivity contribution in [2.45, 2.75) is 171 Å². The van der Waals surface area contributed by atoms with E-state index in [1.54, 1.807) is 0 Å². The first-order valence-electron chi connectivity index (χ1n) is 22.6. The Morgan fingerprint density at radius 2 is 1.61 bits per heavy atom. The number of likely N-dealkylation sites (tertiary alicyclic amines) is 1. The number of carbonyl (C=O) groups excluding carboxylic acids is 2. The molecule has 6 saturated carbocycles. The molecule has 1 aromatic heterocycles. The molecular weight excluding hydrogens is 699 g/mol. The molecule has 1 saturated heterocycles. The second-order valence-corrected chi connectivity index (χ2v) is 22.7. The molecule has 6 aliphatic carbocycles. The van der Waals surface area contributed by atoms with Crippen LogP contribution in [0.5, 0.6) is 0 Å². The van der Waals surface area contributed by atoms with Crippen molar-refractivity contribution in [3.63, 3.8) is 0 Å². The minimum Gasteiger partial charge on any atom is -0.481 e. The molecule has 2 N–H and O–H groups in total. The molecule has 0 bridgehead atoms. The number of fused-ring (bicyclic) bond motifs is 7. The number of aromatic nitrogens is 2. The molecule has 0 spiro atoms. The van der Waals surface area contributed by atoms with Gasteiger partial charge in [-0.15, -0.1) is 0 Å². The van der Waals surface area contributed by atoms with Gasteiger partial charge in [-0.2, -0.15) is 0 Å². The third kappa shape index (κ3) is 5.40. The van der Waals surface area contributed by atoms with Crippen molar-refractivity contribution in [3.8, 4) is 0 Å². The van der Waals surface area contributed by atoms with Gasteiger partial charge in [0.25, 0.3) is 0 Å². The van der Waals surface area contributed by atoms with Gasteiger partial charge in [-0.25, -0.2) is 4.98 Å². The summed E-state index contributed by atoms with van der Waals surface area (Å²) in [7, 11) is 0. The fraction of sp³-hybridized carbons (Fsp3) is 0.833. The molecule has 8 nitrogen and oxygen atoms in total. The van der Waals surface area contributed by atoms with Crippen molar-refractivity contribution in [3.05, 3.63) is 29.9 Å². The van der Waals surface area contributed by atoms with E-state index in [1.165, 1.54) is 24.8 Å². The summed E-state index contributed by atoms with van der Waals surface area (Å²) in [6.45, 7) is 28.4. The van der Waals surface area contributed by atoms with Crippen LogP contribution < -0.4 is 0 Å². The summed E-state index contributed by atoms with van der Waals surface area (Å²) in [5.74, 6) is 2.06. The Labute approximate surface area is 337 Å². The number of ether oxygens (including phenoxy) is 1. The molecule has 1 aromatic rings. The lowest BCUT2D eigenvalue weighted by Gasteiger charge is -2.73. The zero-order valence-electron chi connectivity index (χ0n) is 36.4. The van der Waals surface area contributed by atoms with Crippen LogP contribution in [0, 0.1) is 73.9 Å². The summed E-state index contributed by atoms with van der Waals surface area (Å²) in [5.41, 5.74) is 1.71. The summed E-state index contributed by atoms with van der Waals surface area (Å²) in [5, 5.41) is 9.69. The maximum absolute atomic E-state index is 15.4. The topological polar surface area (TPSA) is 113 Å². The van der Waals surface area contributed by atoms with Gasteiger partial charge in [-0.3, -0.25) is 14.4 Å². The number of allylic oxidation sites excluding steroid dienone is 1. The van der Waals surface area contributed by atoms with E-state index in [9.17, 15) is 14.7 Å². The van der Waals surface area contributed by atoms with Crippen molar-refractivity contribution in [1.82, 2.24) is 14.9 Å². The summed E-state index contributed by atoms with van der Waals surface area (Å²) in [6.07, 6.45) is 14.9. The normalized spacial score (nSPS) is 44.8. The molecular formula is C48H73N3O5. The molecule has 1 aliphatic heterocycles. The first-order valence-corrected chi connectivity index (χ1v) is 22.6. The first kappa shape index (κ1) is 40.2. The van der Waals surface area contributed by atoms with Gasteiger partial charge in [0.1, 0.15) is 11.9 Å². The summed E-state index contributed by atoms with van der Waals surface area (Å²) < 4.78 is 6.46. The van der Waals surface area contributed by atoms with Crippen LogP contribution in [0.15, 0.2) is 18.3 Å². The highest BCUT2D eigenvalue weighted by Crippen LogP contribution is 2.78. The van der Waals surface area contributed by atoms with E-state index in [-0.39, 0.29) is 51.1 Å². The lowest BCUT2D eigenvalue weighted by molar-refractivity contribution is -0.251. The number of hydrogen-bond donors (Lipinski definition) is 2. The second-order valence-electron chi connectivity index (χ2n) is 22.7. The molecule has 7 aliphatic rings. The molecule has 8 heteroatoms. The molecule has 0 radical (unpaired) electrons. The van der Waals surface area contributed by atoms with Gasteiger partial charge in [-0.1, -0.05) is 74.5 Å². The fourth-order valence-corrected chi connectivity index (χ4v) is 16.1. The van der Waals surface area contributed by atoms with Crippen LogP contribution in [0.4, 0.5) is 0 Å². The van der Waals surface area contributed by atoms with Crippen molar-refractivity contribution >= 4 is 17.8 Å². The van der Waals surface area contributed by atoms with Crippen LogP contribution in [-0.2, 0) is 19.1 Å². The molecule has 7 fully saturated rings. The highest BCUT2D eigenvalue weighted by molar-refractivity contribution is 5.85. The van der Waals surface area contributed by atoms with Gasteiger partial charge in [-0.05, 0) is 148 Å². The van der Waals surface area contributed by atoms with Gasteiger partial charge in [0.05, 0.1) is 23.3 Å². The summed E-state index contributed by atoms with van der Waals surface area (Å²) >= 11 is 0. The molecule has 2 heterocycles. The van der Waals surface area contributed by atoms with E-state index in [1.807, 2.05) is 20.0 Å². The van der Waals surface area contributed by atoms with Crippen molar-refractivity contribution < 1.29 is 24.2 Å². The Hall–Kier alpha value is -2.64. The molecule has 1 amide bonds. The third-order valence-electron chi connectivity index (χ3n) is 19.6. The minimum atomic E-state index is -0.815. The average molecular weight is 772 g/mol. The SMILES string of the molecule is C=C(C)[C@@H]1CC[C@]2(C(=O)N3CCC[C@H]3c3ncc(C(C)C)[nH]3)CC[C@]3(C)[C@H](CC[C@@H]4[C@@]5(C)CC[C@H](OC(=O)[C@H]6C[C@@H](C(=O)O)C6(C)C)C(C)(C)[C@@H]5CC[C@]43C)[C@@H]12. The van der Waals surface area contributed by atoms with Gasteiger partial charge in [0.2, 0.25) is 5.91 Å². The van der Waals surface area contributed by atoms with E-state index in [0.29, 0.717) is 47.8 Å². The number of carbonyl (C=O) groups is 3. The number of aromatic amines is 1. The fourth-order valence-electron chi connectivity index (χ4n) is 16.1. The number of amides is 1. The van der Waals surface area contributed by atoms with E-state index in [4.69, 9.17) is 9.72 Å². The van der Waals surface area contributed by atoms with E-state index >= 15 is 4.79 Å². The Morgan fingerprint density at radius 1 is 0.875 bits per heavy atom. The number of carboxylic acids is 1. The molecule has 8 rings (SSSR count). The Balaban J connectivity index is 1.05. The van der Waals surface area contributed by atoms with E-state index in [0.717, 1.165) is 75.9 Å². The van der Waals surface area contributed by atoms with Crippen LogP contribution >= 0.6 is 0 Å². The number of H-pyrrole nitrogens is 1. The summed E-state index contributed by atoms with van der Waals surface area (Å²) in [6, 6.07) is 0.0327. The maximum Gasteiger partial charge on any atom is 0.309 e. The van der Waals surface area contributed by atoms with Crippen LogP contribution in [0.3, 0.4) is 0 Å². The number of rotatable bonds is 7. The predicted octanol–water partition coefficient (Wildman–Crippen LogP) is 10.5. The van der Waals surface area contributed by atoms with E-state index < -0.39 is 17.3 Å². The highest BCUT2D eigenvalue weighted by Gasteiger charge is 2.72. The smallest absolute Gasteiger partial charge is 0.309 e. The van der Waals surface area contributed by atoms with Crippen LogP contribution in [-0.4, -0.2) is 50.5 Å². The van der Waals surface area contributed by atoms with Gasteiger partial charge < -0.3 is 19.7 Å². The number of esters is 1. The number of nitrogens with zero attached hydrogens (tertiary/aromatic N) is 2. The number of carboxylic acid groups (broad SMARTS) is 1. The molecule has 310 valence electrons. The Bertz CT molecular complexity index is 1780. The monoisotopic (exact) mass is 772 g/mol. The number of aliphatic carboxylic acids is 1. The van der Waals surface area contributed by atoms with Crippen molar-refractivity contribution in [2.75, 3.05) is 6.54 Å². The molecule has 13 atom stereocenters. The van der Waals surface area contributed by atoms with Crippen molar-refractivity contribution in [2.24, 2.45) is 73.9 Å². The zero-order chi connectivity index (χ0) is 40.5. The van der Waals surface area contributed by atoms with Crippen LogP contribution in [0.2, 0.25) is 0 Å². The lowest BCUT2D eigenvalue weighted by Crippen LogP contribution is -2.67. The Morgan fingerprint density at radius 3 is 2.25 bits per heavy atom. The highest BCUT2D eigenvalue weighted by atomic mass is 16.5. The number of hydrogen-bond acceptors (Lipinski definition) is 5. The second kappa shape index (κ2) is 13.2. The van der Waals surface area contributed by atoms with Gasteiger partial charge in [0.15, 0.2) is 0 Å². The largest absolute Gasteiger partial charge is 0.481 e. The number of imidazole rings is 1. The Kier molecular flexibility index (Phi) is 9.45. The van der Waals surface area contributed by atoms with Crippen molar-refractivity contribution in [1.29, 1.82) is 0 Å². The van der Waals surface area contributed by atoms with E-state index in [2.05, 4.69) is 71.9 Å². The number of nitrogens with one attached hydrogen (secondary N) is 1. The minimum absolute atomic E-state index is 0.0327. The molecule has 0 aromatic carbocycles. The molecule has 56 heavy (non-hydrogen) atoms. The third-order valence-corrected chi connectivity index (χ3v) is 19.6. The summed E-state index contributed by atoms with van der Waals surface area (Å²) in [4.78, 5) is 51.6. The van der Waals surface area contributed by atoms with Gasteiger partial charge >= 0.3 is 11.9 Å². The molecule has 0 unspecified atom stereocenters. The quantitative estimate of drug-likeness (QED) is 0.211.